The third-order valence-electron chi connectivity index (χ3n) is 6.06. The van der Waals surface area contributed by atoms with Gasteiger partial charge in [0.25, 0.3) is 0 Å². The quantitative estimate of drug-likeness (QED) is 0.379. The molecule has 0 aliphatic carbocycles. The molecule has 1 aliphatic rings. The summed E-state index contributed by atoms with van der Waals surface area (Å²) in [7, 11) is 3.16. The van der Waals surface area contributed by atoms with Crippen molar-refractivity contribution in [3.63, 3.8) is 0 Å². The summed E-state index contributed by atoms with van der Waals surface area (Å²) in [6.07, 6.45) is 2.03. The number of halogens is 1. The van der Waals surface area contributed by atoms with Gasteiger partial charge in [-0.25, -0.2) is 4.79 Å². The van der Waals surface area contributed by atoms with E-state index in [1.165, 1.54) is 0 Å². The molecule has 1 unspecified atom stereocenters. The second-order valence-electron chi connectivity index (χ2n) is 8.01. The van der Waals surface area contributed by atoms with E-state index >= 15 is 0 Å². The van der Waals surface area contributed by atoms with Gasteiger partial charge in [0.2, 0.25) is 0 Å². The van der Waals surface area contributed by atoms with Crippen molar-refractivity contribution < 1.29 is 14.3 Å². The predicted octanol–water partition coefficient (Wildman–Crippen LogP) is 6.29. The summed E-state index contributed by atoms with van der Waals surface area (Å²) >= 11 is 6.18. The molecule has 0 spiro atoms. The first-order chi connectivity index (χ1) is 16.6. The molecule has 0 bridgehead atoms. The number of amides is 2. The van der Waals surface area contributed by atoms with E-state index in [0.717, 1.165) is 22.5 Å². The van der Waals surface area contributed by atoms with Gasteiger partial charge in [-0.2, -0.15) is 0 Å². The molecule has 1 N–H and O–H groups in total. The lowest BCUT2D eigenvalue weighted by Gasteiger charge is -2.31. The van der Waals surface area contributed by atoms with Gasteiger partial charge >= 0.3 is 6.03 Å². The Morgan fingerprint density at radius 2 is 1.76 bits per heavy atom. The van der Waals surface area contributed by atoms with Crippen molar-refractivity contribution in [2.45, 2.75) is 12.6 Å². The molecule has 172 valence electrons. The number of aromatic nitrogens is 1. The summed E-state index contributed by atoms with van der Waals surface area (Å²) in [4.78, 5) is 15.7. The Balaban J connectivity index is 1.60. The summed E-state index contributed by atoms with van der Waals surface area (Å²) in [6.45, 7) is 0.426. The first kappa shape index (κ1) is 21.9. The van der Waals surface area contributed by atoms with E-state index in [4.69, 9.17) is 21.1 Å². The van der Waals surface area contributed by atoms with Crippen LogP contribution in [-0.4, -0.2) is 29.7 Å². The van der Waals surface area contributed by atoms with E-state index in [1.807, 2.05) is 53.6 Å². The Kier molecular flexibility index (Phi) is 5.90. The number of benzene rings is 3. The van der Waals surface area contributed by atoms with Crippen molar-refractivity contribution in [2.24, 2.45) is 0 Å². The predicted molar refractivity (Wildman–Crippen MR) is 133 cm³/mol. The van der Waals surface area contributed by atoms with Gasteiger partial charge in [0.05, 0.1) is 38.2 Å². The minimum atomic E-state index is -0.330. The van der Waals surface area contributed by atoms with Gasteiger partial charge in [-0.1, -0.05) is 41.9 Å². The Morgan fingerprint density at radius 3 is 2.53 bits per heavy atom. The van der Waals surface area contributed by atoms with Gasteiger partial charge in [-0.05, 0) is 53.6 Å². The molecule has 7 heteroatoms. The Hall–Kier alpha value is -3.90. The first-order valence-corrected chi connectivity index (χ1v) is 11.3. The van der Waals surface area contributed by atoms with Gasteiger partial charge in [-0.3, -0.25) is 0 Å². The normalized spacial score (nSPS) is 14.6. The summed E-state index contributed by atoms with van der Waals surface area (Å²) in [5.74, 6) is 1.17. The number of fused-ring (bicyclic) bond motifs is 3. The second-order valence-corrected chi connectivity index (χ2v) is 8.45. The number of nitrogens with zero attached hydrogens (tertiary/aromatic N) is 2. The molecule has 0 fully saturated rings. The zero-order chi connectivity index (χ0) is 23.7. The molecule has 1 aromatic heterocycles. The molecule has 0 saturated carbocycles. The molecule has 1 aliphatic heterocycles. The van der Waals surface area contributed by atoms with Crippen LogP contribution >= 0.6 is 11.6 Å². The minimum Gasteiger partial charge on any atom is -0.497 e. The largest absolute Gasteiger partial charge is 0.497 e. The SMILES string of the molecule is COc1ccc(NC(=O)N2Cc3ccccc3-n3cccc3C2c2ccc(Cl)cc2)c(OC)c1. The van der Waals surface area contributed by atoms with Crippen molar-refractivity contribution >= 4 is 23.3 Å². The van der Waals surface area contributed by atoms with Gasteiger partial charge in [-0.15, -0.1) is 0 Å². The van der Waals surface area contributed by atoms with Crippen LogP contribution in [0, 0.1) is 0 Å². The highest BCUT2D eigenvalue weighted by Gasteiger charge is 2.33. The number of para-hydroxylation sites is 1. The van der Waals surface area contributed by atoms with E-state index in [-0.39, 0.29) is 12.1 Å². The highest BCUT2D eigenvalue weighted by atomic mass is 35.5. The van der Waals surface area contributed by atoms with Crippen molar-refractivity contribution in [1.29, 1.82) is 0 Å². The van der Waals surface area contributed by atoms with E-state index < -0.39 is 0 Å². The zero-order valence-electron chi connectivity index (χ0n) is 18.9. The number of urea groups is 1. The molecule has 2 heterocycles. The molecular weight excluding hydrogens is 450 g/mol. The average Bonchev–Trinajstić information content (AvgIpc) is 3.29. The lowest BCUT2D eigenvalue weighted by Crippen LogP contribution is -2.38. The number of rotatable bonds is 4. The number of carbonyl (C=O) groups excluding carboxylic acids is 1. The second kappa shape index (κ2) is 9.15. The summed E-state index contributed by atoms with van der Waals surface area (Å²) in [5, 5.41) is 3.69. The molecular formula is C27H24ClN3O3. The van der Waals surface area contributed by atoms with E-state index in [0.29, 0.717) is 28.8 Å². The molecule has 3 aromatic carbocycles. The molecule has 0 radical (unpaired) electrons. The molecule has 6 nitrogen and oxygen atoms in total. The number of nitrogens with one attached hydrogen (secondary N) is 1. The molecule has 5 rings (SSSR count). The average molecular weight is 474 g/mol. The van der Waals surface area contributed by atoms with E-state index in [1.54, 1.807) is 32.4 Å². The Morgan fingerprint density at radius 1 is 0.971 bits per heavy atom. The number of carbonyl (C=O) groups is 1. The fourth-order valence-electron chi connectivity index (χ4n) is 4.42. The van der Waals surface area contributed by atoms with Gasteiger partial charge in [0, 0.05) is 23.0 Å². The zero-order valence-corrected chi connectivity index (χ0v) is 19.6. The summed E-state index contributed by atoms with van der Waals surface area (Å²) < 4.78 is 12.9. The number of ether oxygens (including phenoxy) is 2. The smallest absolute Gasteiger partial charge is 0.323 e. The fourth-order valence-corrected chi connectivity index (χ4v) is 4.55. The van der Waals surface area contributed by atoms with Crippen LogP contribution in [0.4, 0.5) is 10.5 Å². The lowest BCUT2D eigenvalue weighted by molar-refractivity contribution is 0.194. The van der Waals surface area contributed by atoms with Crippen molar-refractivity contribution in [1.82, 2.24) is 9.47 Å². The van der Waals surface area contributed by atoms with Crippen LogP contribution in [0.15, 0.2) is 85.1 Å². The number of anilines is 1. The molecule has 0 saturated heterocycles. The topological polar surface area (TPSA) is 55.7 Å². The number of hydrogen-bond acceptors (Lipinski definition) is 3. The third-order valence-corrected chi connectivity index (χ3v) is 6.31. The molecule has 4 aromatic rings. The van der Waals surface area contributed by atoms with Crippen LogP contribution in [0.3, 0.4) is 0 Å². The first-order valence-electron chi connectivity index (χ1n) is 10.9. The van der Waals surface area contributed by atoms with Crippen LogP contribution in [0.1, 0.15) is 22.9 Å². The maximum absolute atomic E-state index is 13.8. The third kappa shape index (κ3) is 3.97. The summed E-state index contributed by atoms with van der Waals surface area (Å²) in [6, 6.07) is 24.6. The molecule has 34 heavy (non-hydrogen) atoms. The maximum atomic E-state index is 13.8. The van der Waals surface area contributed by atoms with Crippen LogP contribution in [-0.2, 0) is 6.54 Å². The van der Waals surface area contributed by atoms with Crippen LogP contribution < -0.4 is 14.8 Å². The van der Waals surface area contributed by atoms with Crippen molar-refractivity contribution in [3.05, 3.63) is 107 Å². The van der Waals surface area contributed by atoms with Crippen molar-refractivity contribution in [3.8, 4) is 17.2 Å². The Labute approximate surface area is 203 Å². The monoisotopic (exact) mass is 473 g/mol. The van der Waals surface area contributed by atoms with E-state index in [2.05, 4.69) is 28.1 Å². The molecule has 1 atom stereocenters. The maximum Gasteiger partial charge on any atom is 0.323 e. The molecule has 2 amide bonds. The summed E-state index contributed by atoms with van der Waals surface area (Å²) in [5.41, 5.74) is 4.63. The number of methoxy groups -OCH3 is 2. The minimum absolute atomic E-state index is 0.243. The number of hydrogen-bond donors (Lipinski definition) is 1. The standard InChI is InChI=1S/C27H24ClN3O3/c1-33-21-13-14-22(25(16-21)34-2)29-27(32)31-17-19-6-3-4-7-23(19)30-15-5-8-24(30)26(31)18-9-11-20(28)12-10-18/h3-16,26H,17H2,1-2H3,(H,29,32). The van der Waals surface area contributed by atoms with E-state index in [9.17, 15) is 4.79 Å². The van der Waals surface area contributed by atoms with Gasteiger partial charge in [0.1, 0.15) is 11.5 Å². The van der Waals surface area contributed by atoms with Crippen LogP contribution in [0.2, 0.25) is 5.02 Å². The Bertz CT molecular complexity index is 1330. The highest BCUT2D eigenvalue weighted by Crippen LogP contribution is 2.38. The highest BCUT2D eigenvalue weighted by molar-refractivity contribution is 6.30. The van der Waals surface area contributed by atoms with Gasteiger partial charge < -0.3 is 24.3 Å². The van der Waals surface area contributed by atoms with Crippen LogP contribution in [0.25, 0.3) is 5.69 Å². The fraction of sp³-hybridized carbons (Fsp3) is 0.148. The van der Waals surface area contributed by atoms with Crippen LogP contribution in [0.5, 0.6) is 11.5 Å². The lowest BCUT2D eigenvalue weighted by atomic mass is 10.0. The van der Waals surface area contributed by atoms with Crippen molar-refractivity contribution in [2.75, 3.05) is 19.5 Å². The van der Waals surface area contributed by atoms with Gasteiger partial charge in [0.15, 0.2) is 0 Å².